The Labute approximate surface area is 102 Å². The minimum Gasteiger partial charge on any atom is -0.261 e. The highest BCUT2D eigenvalue weighted by Crippen LogP contribution is 2.26. The lowest BCUT2D eigenvalue weighted by atomic mass is 10.1. The maximum atomic E-state index is 12.7. The molecule has 0 radical (unpaired) electrons. The van der Waals surface area contributed by atoms with Crippen molar-refractivity contribution in [1.29, 1.82) is 0 Å². The second-order valence-corrected chi connectivity index (χ2v) is 4.65. The molecule has 1 heterocycles. The van der Waals surface area contributed by atoms with E-state index >= 15 is 0 Å². The standard InChI is InChI=1S/C13H11BrFN/c14-13(9-12-3-1-2-8-16-12)10-4-6-11(15)7-5-10/h1-8,13H,9H2. The van der Waals surface area contributed by atoms with Gasteiger partial charge in [0.15, 0.2) is 0 Å². The van der Waals surface area contributed by atoms with Gasteiger partial charge < -0.3 is 0 Å². The van der Waals surface area contributed by atoms with Gasteiger partial charge >= 0.3 is 0 Å². The summed E-state index contributed by atoms with van der Waals surface area (Å²) in [6.45, 7) is 0. The molecule has 1 atom stereocenters. The van der Waals surface area contributed by atoms with Gasteiger partial charge in [0.2, 0.25) is 0 Å². The van der Waals surface area contributed by atoms with E-state index in [1.165, 1.54) is 12.1 Å². The van der Waals surface area contributed by atoms with E-state index < -0.39 is 0 Å². The topological polar surface area (TPSA) is 12.9 Å². The Morgan fingerprint density at radius 2 is 1.88 bits per heavy atom. The summed E-state index contributed by atoms with van der Waals surface area (Å²) in [7, 11) is 0. The second kappa shape index (κ2) is 5.21. The summed E-state index contributed by atoms with van der Waals surface area (Å²) < 4.78 is 12.7. The van der Waals surface area contributed by atoms with Gasteiger partial charge in [-0.1, -0.05) is 34.1 Å². The molecule has 0 N–H and O–H groups in total. The lowest BCUT2D eigenvalue weighted by molar-refractivity contribution is 0.627. The van der Waals surface area contributed by atoms with Crippen molar-refractivity contribution in [3.05, 3.63) is 65.7 Å². The third kappa shape index (κ3) is 2.89. The normalized spacial score (nSPS) is 12.4. The van der Waals surface area contributed by atoms with Crippen LogP contribution in [0.15, 0.2) is 48.7 Å². The largest absolute Gasteiger partial charge is 0.261 e. The van der Waals surface area contributed by atoms with Crippen molar-refractivity contribution in [2.24, 2.45) is 0 Å². The highest BCUT2D eigenvalue weighted by atomic mass is 79.9. The number of halogens is 2. The number of aromatic nitrogens is 1. The fraction of sp³-hybridized carbons (Fsp3) is 0.154. The van der Waals surface area contributed by atoms with Crippen LogP contribution in [-0.4, -0.2) is 4.98 Å². The van der Waals surface area contributed by atoms with Crippen LogP contribution in [0.25, 0.3) is 0 Å². The van der Waals surface area contributed by atoms with E-state index in [0.29, 0.717) is 0 Å². The Morgan fingerprint density at radius 3 is 2.50 bits per heavy atom. The zero-order valence-corrected chi connectivity index (χ0v) is 10.2. The lowest BCUT2D eigenvalue weighted by Gasteiger charge is -2.09. The third-order valence-corrected chi connectivity index (χ3v) is 3.20. The van der Waals surface area contributed by atoms with Gasteiger partial charge in [-0.3, -0.25) is 4.98 Å². The van der Waals surface area contributed by atoms with Crippen molar-refractivity contribution in [2.45, 2.75) is 11.2 Å². The fourth-order valence-corrected chi connectivity index (χ4v) is 2.13. The van der Waals surface area contributed by atoms with E-state index in [0.717, 1.165) is 17.7 Å². The predicted octanol–water partition coefficient (Wildman–Crippen LogP) is 3.90. The number of benzene rings is 1. The second-order valence-electron chi connectivity index (χ2n) is 3.54. The Kier molecular flexibility index (Phi) is 3.67. The molecule has 3 heteroatoms. The van der Waals surface area contributed by atoms with Gasteiger partial charge in [-0.05, 0) is 29.8 Å². The number of rotatable bonds is 3. The molecule has 0 aliphatic carbocycles. The highest BCUT2D eigenvalue weighted by Gasteiger charge is 2.08. The van der Waals surface area contributed by atoms with Crippen LogP contribution in [0.2, 0.25) is 0 Å². The first-order chi connectivity index (χ1) is 7.75. The highest BCUT2D eigenvalue weighted by molar-refractivity contribution is 9.09. The molecule has 16 heavy (non-hydrogen) atoms. The number of alkyl halides is 1. The van der Waals surface area contributed by atoms with E-state index in [9.17, 15) is 4.39 Å². The smallest absolute Gasteiger partial charge is 0.123 e. The molecule has 0 bridgehead atoms. The Balaban J connectivity index is 2.09. The summed E-state index contributed by atoms with van der Waals surface area (Å²) in [6, 6.07) is 12.4. The molecule has 2 aromatic rings. The fourth-order valence-electron chi connectivity index (χ4n) is 1.49. The van der Waals surface area contributed by atoms with Crippen LogP contribution in [-0.2, 0) is 6.42 Å². The van der Waals surface area contributed by atoms with Gasteiger partial charge in [0.1, 0.15) is 5.82 Å². The minimum absolute atomic E-state index is 0.169. The first-order valence-corrected chi connectivity index (χ1v) is 5.97. The van der Waals surface area contributed by atoms with E-state index in [1.54, 1.807) is 18.3 Å². The summed E-state index contributed by atoms with van der Waals surface area (Å²) in [6.07, 6.45) is 2.58. The Bertz CT molecular complexity index is 441. The van der Waals surface area contributed by atoms with Crippen LogP contribution in [0.5, 0.6) is 0 Å². The van der Waals surface area contributed by atoms with Crippen molar-refractivity contribution in [1.82, 2.24) is 4.98 Å². The van der Waals surface area contributed by atoms with Crippen LogP contribution in [0, 0.1) is 5.82 Å². The third-order valence-electron chi connectivity index (χ3n) is 2.35. The van der Waals surface area contributed by atoms with Gasteiger partial charge in [0.25, 0.3) is 0 Å². The van der Waals surface area contributed by atoms with Gasteiger partial charge in [0.05, 0.1) is 0 Å². The average molecular weight is 280 g/mol. The number of pyridine rings is 1. The summed E-state index contributed by atoms with van der Waals surface area (Å²) >= 11 is 3.58. The van der Waals surface area contributed by atoms with E-state index in [4.69, 9.17) is 0 Å². The van der Waals surface area contributed by atoms with Crippen LogP contribution in [0.4, 0.5) is 4.39 Å². The zero-order valence-electron chi connectivity index (χ0n) is 8.61. The summed E-state index contributed by atoms with van der Waals surface area (Å²) in [5, 5.41) is 0. The van der Waals surface area contributed by atoms with Crippen LogP contribution in [0.3, 0.4) is 0 Å². The number of hydrogen-bond donors (Lipinski definition) is 0. The molecule has 1 aromatic heterocycles. The maximum Gasteiger partial charge on any atom is 0.123 e. The number of hydrogen-bond acceptors (Lipinski definition) is 1. The zero-order chi connectivity index (χ0) is 11.4. The molecule has 0 aliphatic rings. The van der Waals surface area contributed by atoms with E-state index in [-0.39, 0.29) is 10.6 Å². The summed E-state index contributed by atoms with van der Waals surface area (Å²) in [5.41, 5.74) is 2.08. The van der Waals surface area contributed by atoms with E-state index in [1.807, 2.05) is 18.2 Å². The van der Waals surface area contributed by atoms with Gasteiger partial charge in [-0.25, -0.2) is 4.39 Å². The predicted molar refractivity (Wildman–Crippen MR) is 66.0 cm³/mol. The first-order valence-electron chi connectivity index (χ1n) is 5.05. The monoisotopic (exact) mass is 279 g/mol. The molecule has 1 unspecified atom stereocenters. The quantitative estimate of drug-likeness (QED) is 0.777. The molecule has 1 nitrogen and oxygen atoms in total. The molecular weight excluding hydrogens is 269 g/mol. The molecule has 0 amide bonds. The van der Waals surface area contributed by atoms with Crippen molar-refractivity contribution in [3.63, 3.8) is 0 Å². The minimum atomic E-state index is -0.207. The summed E-state index contributed by atoms with van der Waals surface area (Å²) in [5.74, 6) is -0.207. The molecule has 82 valence electrons. The average Bonchev–Trinajstić information content (AvgIpc) is 2.31. The van der Waals surface area contributed by atoms with Crippen molar-refractivity contribution >= 4 is 15.9 Å². The maximum absolute atomic E-state index is 12.7. The first kappa shape index (κ1) is 11.3. The SMILES string of the molecule is Fc1ccc(C(Br)Cc2ccccn2)cc1. The van der Waals surface area contributed by atoms with Gasteiger partial charge in [-0.15, -0.1) is 0 Å². The van der Waals surface area contributed by atoms with Crippen LogP contribution in [0.1, 0.15) is 16.1 Å². The molecule has 0 saturated carbocycles. The molecule has 2 rings (SSSR count). The number of nitrogens with zero attached hydrogens (tertiary/aromatic N) is 1. The Hall–Kier alpha value is -1.22. The van der Waals surface area contributed by atoms with Crippen LogP contribution >= 0.6 is 15.9 Å². The van der Waals surface area contributed by atoms with Crippen molar-refractivity contribution in [2.75, 3.05) is 0 Å². The van der Waals surface area contributed by atoms with E-state index in [2.05, 4.69) is 20.9 Å². The van der Waals surface area contributed by atoms with Crippen LogP contribution < -0.4 is 0 Å². The van der Waals surface area contributed by atoms with Crippen molar-refractivity contribution < 1.29 is 4.39 Å². The molecule has 1 aromatic carbocycles. The van der Waals surface area contributed by atoms with Gasteiger partial charge in [0, 0.05) is 23.1 Å². The molecule has 0 saturated heterocycles. The van der Waals surface area contributed by atoms with Crippen molar-refractivity contribution in [3.8, 4) is 0 Å². The lowest BCUT2D eigenvalue weighted by Crippen LogP contribution is -1.97. The molecular formula is C13H11BrFN. The Morgan fingerprint density at radius 1 is 1.12 bits per heavy atom. The summed E-state index contributed by atoms with van der Waals surface area (Å²) in [4.78, 5) is 4.43. The van der Waals surface area contributed by atoms with Gasteiger partial charge in [-0.2, -0.15) is 0 Å². The molecule has 0 aliphatic heterocycles. The molecule has 0 spiro atoms. The molecule has 0 fully saturated rings.